The van der Waals surface area contributed by atoms with Crippen molar-refractivity contribution in [1.29, 1.82) is 0 Å². The molecule has 3 nitrogen and oxygen atoms in total. The van der Waals surface area contributed by atoms with Crippen LogP contribution in [-0.2, 0) is 6.61 Å². The van der Waals surface area contributed by atoms with Gasteiger partial charge in [0.25, 0.3) is 0 Å². The lowest BCUT2D eigenvalue weighted by Gasteiger charge is -2.24. The Morgan fingerprint density at radius 1 is 1.20 bits per heavy atom. The minimum atomic E-state index is 0.0418. The minimum absolute atomic E-state index is 0.0418. The molecular formula is C17H22N2O. The molecule has 0 unspecified atom stereocenters. The fraction of sp³-hybridized carbons (Fsp3) is 0.471. The summed E-state index contributed by atoms with van der Waals surface area (Å²) in [7, 11) is 2.13. The number of nitrogens with zero attached hydrogens (tertiary/aromatic N) is 2. The normalized spacial score (nSPS) is 15.9. The SMILES string of the molecule is CN(CC1CCCC1)c1ncc(CO)c2ccccc12. The van der Waals surface area contributed by atoms with Gasteiger partial charge in [-0.2, -0.15) is 0 Å². The number of benzene rings is 1. The zero-order valence-electron chi connectivity index (χ0n) is 12.0. The van der Waals surface area contributed by atoms with Gasteiger partial charge in [0.05, 0.1) is 6.61 Å². The molecule has 3 rings (SSSR count). The third-order valence-corrected chi connectivity index (χ3v) is 4.40. The number of fused-ring (bicyclic) bond motifs is 1. The summed E-state index contributed by atoms with van der Waals surface area (Å²) in [5.74, 6) is 1.84. The molecule has 106 valence electrons. The lowest BCUT2D eigenvalue weighted by Crippen LogP contribution is -2.25. The number of aliphatic hydroxyl groups excluding tert-OH is 1. The number of pyridine rings is 1. The molecule has 0 bridgehead atoms. The van der Waals surface area contributed by atoms with Crippen molar-refractivity contribution in [2.75, 3.05) is 18.5 Å². The van der Waals surface area contributed by atoms with Crippen LogP contribution >= 0.6 is 0 Å². The van der Waals surface area contributed by atoms with Crippen LogP contribution in [0.5, 0.6) is 0 Å². The van der Waals surface area contributed by atoms with Crippen LogP contribution in [0, 0.1) is 5.92 Å². The van der Waals surface area contributed by atoms with E-state index in [1.54, 1.807) is 0 Å². The molecule has 0 aliphatic heterocycles. The maximum atomic E-state index is 9.44. The van der Waals surface area contributed by atoms with E-state index in [1.807, 2.05) is 18.3 Å². The van der Waals surface area contributed by atoms with E-state index >= 15 is 0 Å². The van der Waals surface area contributed by atoms with Gasteiger partial charge in [0.2, 0.25) is 0 Å². The molecule has 1 aliphatic rings. The van der Waals surface area contributed by atoms with Gasteiger partial charge >= 0.3 is 0 Å². The van der Waals surface area contributed by atoms with Gasteiger partial charge in [0, 0.05) is 30.7 Å². The van der Waals surface area contributed by atoms with E-state index in [9.17, 15) is 5.11 Å². The van der Waals surface area contributed by atoms with Gasteiger partial charge in [0.1, 0.15) is 5.82 Å². The molecule has 3 heteroatoms. The Labute approximate surface area is 120 Å². The highest BCUT2D eigenvalue weighted by atomic mass is 16.3. The summed E-state index contributed by atoms with van der Waals surface area (Å²) in [6, 6.07) is 8.22. The lowest BCUT2D eigenvalue weighted by molar-refractivity contribution is 0.283. The molecule has 1 aromatic carbocycles. The smallest absolute Gasteiger partial charge is 0.136 e. The fourth-order valence-electron chi connectivity index (χ4n) is 3.33. The molecule has 1 fully saturated rings. The van der Waals surface area contributed by atoms with Crippen LogP contribution < -0.4 is 4.90 Å². The van der Waals surface area contributed by atoms with E-state index in [2.05, 4.69) is 29.1 Å². The summed E-state index contributed by atoms with van der Waals surface area (Å²) in [5.41, 5.74) is 0.901. The van der Waals surface area contributed by atoms with Crippen molar-refractivity contribution in [2.24, 2.45) is 5.92 Å². The van der Waals surface area contributed by atoms with Crippen LogP contribution in [0.2, 0.25) is 0 Å². The second-order valence-corrected chi connectivity index (χ2v) is 5.84. The molecule has 0 amide bonds. The number of anilines is 1. The molecule has 1 N–H and O–H groups in total. The second-order valence-electron chi connectivity index (χ2n) is 5.84. The first-order valence-corrected chi connectivity index (χ1v) is 7.48. The van der Waals surface area contributed by atoms with Crippen LogP contribution in [0.25, 0.3) is 10.8 Å². The summed E-state index contributed by atoms with van der Waals surface area (Å²) in [5, 5.41) is 11.7. The van der Waals surface area contributed by atoms with Crippen molar-refractivity contribution >= 4 is 16.6 Å². The summed E-state index contributed by atoms with van der Waals surface area (Å²) in [6.45, 7) is 1.12. The van der Waals surface area contributed by atoms with Gasteiger partial charge < -0.3 is 10.0 Å². The molecule has 0 atom stereocenters. The van der Waals surface area contributed by atoms with Crippen LogP contribution in [0.3, 0.4) is 0 Å². The predicted octanol–water partition coefficient (Wildman–Crippen LogP) is 3.35. The first kappa shape index (κ1) is 13.4. The Morgan fingerprint density at radius 2 is 1.90 bits per heavy atom. The number of aromatic nitrogens is 1. The molecular weight excluding hydrogens is 248 g/mol. The van der Waals surface area contributed by atoms with Crippen LogP contribution in [0.4, 0.5) is 5.82 Å². The first-order chi connectivity index (χ1) is 9.79. The highest BCUT2D eigenvalue weighted by Crippen LogP contribution is 2.30. The van der Waals surface area contributed by atoms with Crippen molar-refractivity contribution in [3.8, 4) is 0 Å². The van der Waals surface area contributed by atoms with E-state index in [0.717, 1.165) is 34.6 Å². The highest BCUT2D eigenvalue weighted by molar-refractivity contribution is 5.94. The molecule has 1 aliphatic carbocycles. The number of rotatable bonds is 4. The standard InChI is InChI=1S/C17H22N2O/c1-19(11-13-6-2-3-7-13)17-16-9-5-4-8-15(16)14(12-20)10-18-17/h4-5,8-10,13,20H,2-3,6-7,11-12H2,1H3. The predicted molar refractivity (Wildman–Crippen MR) is 82.9 cm³/mol. The minimum Gasteiger partial charge on any atom is -0.392 e. The topological polar surface area (TPSA) is 36.4 Å². The Balaban J connectivity index is 1.94. The van der Waals surface area contributed by atoms with Crippen molar-refractivity contribution in [2.45, 2.75) is 32.3 Å². The summed E-state index contributed by atoms with van der Waals surface area (Å²) < 4.78 is 0. The molecule has 2 aromatic rings. The van der Waals surface area contributed by atoms with Crippen molar-refractivity contribution in [3.05, 3.63) is 36.0 Å². The first-order valence-electron chi connectivity index (χ1n) is 7.48. The second kappa shape index (κ2) is 5.80. The molecule has 0 spiro atoms. The van der Waals surface area contributed by atoms with Crippen LogP contribution in [0.15, 0.2) is 30.5 Å². The zero-order chi connectivity index (χ0) is 13.9. The van der Waals surface area contributed by atoms with Gasteiger partial charge in [-0.25, -0.2) is 4.98 Å². The molecule has 1 aromatic heterocycles. The van der Waals surface area contributed by atoms with E-state index in [-0.39, 0.29) is 6.61 Å². The molecule has 1 heterocycles. The maximum Gasteiger partial charge on any atom is 0.136 e. The monoisotopic (exact) mass is 270 g/mol. The summed E-state index contributed by atoms with van der Waals surface area (Å²) in [6.07, 6.45) is 7.24. The number of hydrogen-bond donors (Lipinski definition) is 1. The number of aliphatic hydroxyl groups is 1. The maximum absolute atomic E-state index is 9.44. The Morgan fingerprint density at radius 3 is 2.60 bits per heavy atom. The van der Waals surface area contributed by atoms with Crippen LogP contribution in [-0.4, -0.2) is 23.7 Å². The third-order valence-electron chi connectivity index (χ3n) is 4.40. The van der Waals surface area contributed by atoms with E-state index in [0.29, 0.717) is 0 Å². The Hall–Kier alpha value is -1.61. The summed E-state index contributed by atoms with van der Waals surface area (Å²) in [4.78, 5) is 6.86. The number of hydrogen-bond acceptors (Lipinski definition) is 3. The van der Waals surface area contributed by atoms with E-state index in [1.165, 1.54) is 25.7 Å². The van der Waals surface area contributed by atoms with E-state index in [4.69, 9.17) is 0 Å². The van der Waals surface area contributed by atoms with Gasteiger partial charge in [-0.1, -0.05) is 37.1 Å². The van der Waals surface area contributed by atoms with Crippen molar-refractivity contribution in [3.63, 3.8) is 0 Å². The molecule has 1 saturated carbocycles. The molecule has 0 radical (unpaired) electrons. The average molecular weight is 270 g/mol. The molecule has 20 heavy (non-hydrogen) atoms. The van der Waals surface area contributed by atoms with E-state index < -0.39 is 0 Å². The van der Waals surface area contributed by atoms with Gasteiger partial charge in [-0.05, 0) is 24.1 Å². The van der Waals surface area contributed by atoms with Crippen molar-refractivity contribution in [1.82, 2.24) is 4.98 Å². The van der Waals surface area contributed by atoms with Gasteiger partial charge in [-0.3, -0.25) is 0 Å². The quantitative estimate of drug-likeness (QED) is 0.925. The summed E-state index contributed by atoms with van der Waals surface area (Å²) >= 11 is 0. The van der Waals surface area contributed by atoms with Crippen LogP contribution in [0.1, 0.15) is 31.2 Å². The lowest BCUT2D eigenvalue weighted by atomic mass is 10.1. The highest BCUT2D eigenvalue weighted by Gasteiger charge is 2.18. The fourth-order valence-corrected chi connectivity index (χ4v) is 3.33. The third kappa shape index (κ3) is 2.50. The largest absolute Gasteiger partial charge is 0.392 e. The average Bonchev–Trinajstić information content (AvgIpc) is 2.99. The molecule has 0 saturated heterocycles. The van der Waals surface area contributed by atoms with Gasteiger partial charge in [0.15, 0.2) is 0 Å². The zero-order valence-corrected chi connectivity index (χ0v) is 12.0. The van der Waals surface area contributed by atoms with Gasteiger partial charge in [-0.15, -0.1) is 0 Å². The Kier molecular flexibility index (Phi) is 3.88. The van der Waals surface area contributed by atoms with Crippen molar-refractivity contribution < 1.29 is 5.11 Å². The Bertz CT molecular complexity index is 591.